The van der Waals surface area contributed by atoms with Crippen LogP contribution in [0.2, 0.25) is 0 Å². The number of carbonyl (C=O) groups excluding carboxylic acids is 1. The second-order valence-corrected chi connectivity index (χ2v) is 5.32. The molecule has 1 saturated carbocycles. The largest absolute Gasteiger partial charge is 0.397 e. The Hall–Kier alpha value is -1.71. The molecular formula is C15H23N3O. The lowest BCUT2D eigenvalue weighted by molar-refractivity contribution is -0.120. The van der Waals surface area contributed by atoms with Crippen LogP contribution in [0.4, 0.5) is 11.4 Å². The van der Waals surface area contributed by atoms with Crippen molar-refractivity contribution >= 4 is 17.3 Å². The van der Waals surface area contributed by atoms with Crippen LogP contribution in [0.1, 0.15) is 32.1 Å². The SMILES string of the molecule is CN(CC(=O)NC1CCCCC1)c1ccccc1N. The highest BCUT2D eigenvalue weighted by Gasteiger charge is 2.17. The minimum atomic E-state index is 0.0812. The summed E-state index contributed by atoms with van der Waals surface area (Å²) >= 11 is 0. The molecule has 1 amide bonds. The topological polar surface area (TPSA) is 58.4 Å². The van der Waals surface area contributed by atoms with E-state index in [4.69, 9.17) is 5.73 Å². The lowest BCUT2D eigenvalue weighted by Crippen LogP contribution is -2.42. The molecule has 0 aromatic heterocycles. The van der Waals surface area contributed by atoms with Crippen LogP contribution in [0, 0.1) is 0 Å². The summed E-state index contributed by atoms with van der Waals surface area (Å²) < 4.78 is 0. The Bertz CT molecular complexity index is 427. The Balaban J connectivity index is 1.86. The Morgan fingerprint density at radius 2 is 2.00 bits per heavy atom. The summed E-state index contributed by atoms with van der Waals surface area (Å²) in [7, 11) is 1.89. The molecule has 0 atom stereocenters. The van der Waals surface area contributed by atoms with Gasteiger partial charge in [0.05, 0.1) is 17.9 Å². The van der Waals surface area contributed by atoms with Gasteiger partial charge in [0.25, 0.3) is 0 Å². The van der Waals surface area contributed by atoms with Crippen molar-refractivity contribution in [3.8, 4) is 0 Å². The monoisotopic (exact) mass is 261 g/mol. The molecule has 0 bridgehead atoms. The molecule has 0 aliphatic heterocycles. The van der Waals surface area contributed by atoms with Gasteiger partial charge in [-0.15, -0.1) is 0 Å². The fourth-order valence-electron chi connectivity index (χ4n) is 2.66. The van der Waals surface area contributed by atoms with E-state index in [0.717, 1.165) is 18.5 Å². The number of carbonyl (C=O) groups is 1. The van der Waals surface area contributed by atoms with E-state index in [1.807, 2.05) is 36.2 Å². The maximum atomic E-state index is 12.0. The zero-order valence-corrected chi connectivity index (χ0v) is 11.6. The smallest absolute Gasteiger partial charge is 0.239 e. The third-order valence-corrected chi connectivity index (χ3v) is 3.70. The molecule has 1 aromatic carbocycles. The van der Waals surface area contributed by atoms with Crippen LogP contribution in [0.5, 0.6) is 0 Å². The van der Waals surface area contributed by atoms with Crippen LogP contribution >= 0.6 is 0 Å². The lowest BCUT2D eigenvalue weighted by atomic mass is 9.95. The molecule has 0 spiro atoms. The molecule has 0 saturated heterocycles. The average Bonchev–Trinajstić information content (AvgIpc) is 2.40. The highest BCUT2D eigenvalue weighted by atomic mass is 16.2. The molecule has 1 fully saturated rings. The van der Waals surface area contributed by atoms with Crippen LogP contribution in [-0.4, -0.2) is 25.5 Å². The minimum Gasteiger partial charge on any atom is -0.397 e. The quantitative estimate of drug-likeness (QED) is 0.817. The van der Waals surface area contributed by atoms with Crippen molar-refractivity contribution in [3.05, 3.63) is 24.3 Å². The van der Waals surface area contributed by atoms with Crippen molar-refractivity contribution in [2.75, 3.05) is 24.2 Å². The number of likely N-dealkylation sites (N-methyl/N-ethyl adjacent to an activating group) is 1. The van der Waals surface area contributed by atoms with Gasteiger partial charge in [0, 0.05) is 13.1 Å². The predicted octanol–water partition coefficient (Wildman–Crippen LogP) is 2.15. The number of nitrogen functional groups attached to an aromatic ring is 1. The van der Waals surface area contributed by atoms with Crippen molar-refractivity contribution in [3.63, 3.8) is 0 Å². The van der Waals surface area contributed by atoms with Crippen molar-refractivity contribution in [2.45, 2.75) is 38.1 Å². The van der Waals surface area contributed by atoms with Crippen LogP contribution in [0.3, 0.4) is 0 Å². The van der Waals surface area contributed by atoms with Gasteiger partial charge in [-0.1, -0.05) is 31.4 Å². The Morgan fingerprint density at radius 1 is 1.32 bits per heavy atom. The molecule has 1 aromatic rings. The number of benzene rings is 1. The highest BCUT2D eigenvalue weighted by molar-refractivity contribution is 5.83. The molecule has 104 valence electrons. The summed E-state index contributed by atoms with van der Waals surface area (Å²) in [6, 6.07) is 7.98. The fourth-order valence-corrected chi connectivity index (χ4v) is 2.66. The number of para-hydroxylation sites is 2. The molecule has 0 unspecified atom stereocenters. The maximum absolute atomic E-state index is 12.0. The number of amides is 1. The van der Waals surface area contributed by atoms with Crippen molar-refractivity contribution in [2.24, 2.45) is 0 Å². The molecule has 0 radical (unpaired) electrons. The Labute approximate surface area is 115 Å². The van der Waals surface area contributed by atoms with Crippen molar-refractivity contribution < 1.29 is 4.79 Å². The number of hydrogen-bond acceptors (Lipinski definition) is 3. The maximum Gasteiger partial charge on any atom is 0.239 e. The van der Waals surface area contributed by atoms with Crippen LogP contribution in [0.25, 0.3) is 0 Å². The molecule has 3 N–H and O–H groups in total. The van der Waals surface area contributed by atoms with Crippen LogP contribution in [0.15, 0.2) is 24.3 Å². The zero-order valence-electron chi connectivity index (χ0n) is 11.6. The zero-order chi connectivity index (χ0) is 13.7. The third-order valence-electron chi connectivity index (χ3n) is 3.70. The van der Waals surface area contributed by atoms with E-state index >= 15 is 0 Å². The van der Waals surface area contributed by atoms with E-state index in [1.165, 1.54) is 19.3 Å². The normalized spacial score (nSPS) is 16.1. The molecular weight excluding hydrogens is 238 g/mol. The third kappa shape index (κ3) is 3.88. The Morgan fingerprint density at radius 3 is 2.68 bits per heavy atom. The molecule has 0 heterocycles. The van der Waals surface area contributed by atoms with E-state index in [9.17, 15) is 4.79 Å². The molecule has 19 heavy (non-hydrogen) atoms. The fraction of sp³-hybridized carbons (Fsp3) is 0.533. The average molecular weight is 261 g/mol. The van der Waals surface area contributed by atoms with Gasteiger partial charge in [0.15, 0.2) is 0 Å². The summed E-state index contributed by atoms with van der Waals surface area (Å²) in [6.07, 6.45) is 5.98. The van der Waals surface area contributed by atoms with E-state index in [2.05, 4.69) is 5.32 Å². The van der Waals surface area contributed by atoms with Crippen LogP contribution < -0.4 is 16.0 Å². The first-order valence-electron chi connectivity index (χ1n) is 7.02. The van der Waals surface area contributed by atoms with Gasteiger partial charge in [-0.05, 0) is 25.0 Å². The minimum absolute atomic E-state index is 0.0812. The van der Waals surface area contributed by atoms with Crippen molar-refractivity contribution in [1.29, 1.82) is 0 Å². The summed E-state index contributed by atoms with van der Waals surface area (Å²) in [5.41, 5.74) is 7.52. The first kappa shape index (κ1) is 13.7. The number of nitrogens with zero attached hydrogens (tertiary/aromatic N) is 1. The van der Waals surface area contributed by atoms with Gasteiger partial charge in [-0.25, -0.2) is 0 Å². The summed E-state index contributed by atoms with van der Waals surface area (Å²) in [4.78, 5) is 13.9. The van der Waals surface area contributed by atoms with Gasteiger partial charge >= 0.3 is 0 Å². The summed E-state index contributed by atoms with van der Waals surface area (Å²) in [5.74, 6) is 0.0812. The number of hydrogen-bond donors (Lipinski definition) is 2. The summed E-state index contributed by atoms with van der Waals surface area (Å²) in [6.45, 7) is 0.352. The van der Waals surface area contributed by atoms with Gasteiger partial charge in [-0.3, -0.25) is 4.79 Å². The second-order valence-electron chi connectivity index (χ2n) is 5.32. The first-order chi connectivity index (χ1) is 9.16. The summed E-state index contributed by atoms with van der Waals surface area (Å²) in [5, 5.41) is 3.12. The first-order valence-corrected chi connectivity index (χ1v) is 7.02. The molecule has 1 aliphatic carbocycles. The number of nitrogens with one attached hydrogen (secondary N) is 1. The van der Waals surface area contributed by atoms with Gasteiger partial charge in [0.1, 0.15) is 0 Å². The molecule has 4 nitrogen and oxygen atoms in total. The molecule has 2 rings (SSSR count). The number of nitrogens with two attached hydrogens (primary N) is 1. The van der Waals surface area contributed by atoms with E-state index in [-0.39, 0.29) is 5.91 Å². The Kier molecular flexibility index (Phi) is 4.66. The van der Waals surface area contributed by atoms with Gasteiger partial charge in [-0.2, -0.15) is 0 Å². The highest BCUT2D eigenvalue weighted by Crippen LogP contribution is 2.21. The van der Waals surface area contributed by atoms with E-state index in [0.29, 0.717) is 18.3 Å². The van der Waals surface area contributed by atoms with Crippen molar-refractivity contribution in [1.82, 2.24) is 5.32 Å². The molecule has 4 heteroatoms. The van der Waals surface area contributed by atoms with Gasteiger partial charge in [0.2, 0.25) is 5.91 Å². The number of rotatable bonds is 4. The van der Waals surface area contributed by atoms with Gasteiger partial charge < -0.3 is 16.0 Å². The van der Waals surface area contributed by atoms with Crippen LogP contribution in [-0.2, 0) is 4.79 Å². The molecule has 1 aliphatic rings. The predicted molar refractivity (Wildman–Crippen MR) is 79.1 cm³/mol. The number of anilines is 2. The van der Waals surface area contributed by atoms with E-state index in [1.54, 1.807) is 0 Å². The standard InChI is InChI=1S/C15H23N3O/c1-18(14-10-6-5-9-13(14)16)11-15(19)17-12-7-3-2-4-8-12/h5-6,9-10,12H,2-4,7-8,11,16H2,1H3,(H,17,19). The lowest BCUT2D eigenvalue weighted by Gasteiger charge is -2.25. The second kappa shape index (κ2) is 6.45. The van der Waals surface area contributed by atoms with E-state index < -0.39 is 0 Å².